The average Bonchev–Trinajstić information content (AvgIpc) is 2.63. The lowest BCUT2D eigenvalue weighted by Crippen LogP contribution is -2.40. The molecule has 0 bridgehead atoms. The minimum Gasteiger partial charge on any atom is -0.384 e. The summed E-state index contributed by atoms with van der Waals surface area (Å²) in [6.07, 6.45) is 5.41. The number of anilines is 2. The Kier molecular flexibility index (Phi) is 4.47. The van der Waals surface area contributed by atoms with Gasteiger partial charge in [0.05, 0.1) is 6.17 Å². The van der Waals surface area contributed by atoms with Crippen LogP contribution in [0.1, 0.15) is 24.8 Å². The summed E-state index contributed by atoms with van der Waals surface area (Å²) in [6.45, 7) is 2.94. The molecular weight excluding hydrogens is 327 g/mol. The van der Waals surface area contributed by atoms with E-state index in [2.05, 4.69) is 15.6 Å². The van der Waals surface area contributed by atoms with Crippen molar-refractivity contribution in [3.63, 3.8) is 0 Å². The maximum Gasteiger partial charge on any atom is 0.131 e. The highest BCUT2D eigenvalue weighted by Crippen LogP contribution is 2.35. The summed E-state index contributed by atoms with van der Waals surface area (Å²) in [4.78, 5) is 4.22. The molecule has 2 aromatic carbocycles. The molecular formula is C21H23FN4. The minimum atomic E-state index is -0.213. The normalized spacial score (nSPS) is 17.4. The van der Waals surface area contributed by atoms with E-state index in [1.54, 1.807) is 12.3 Å². The molecule has 0 amide bonds. The van der Waals surface area contributed by atoms with Gasteiger partial charge in [0.15, 0.2) is 0 Å². The third-order valence-corrected chi connectivity index (χ3v) is 5.01. The van der Waals surface area contributed by atoms with Crippen molar-refractivity contribution in [2.75, 3.05) is 17.6 Å². The Labute approximate surface area is 152 Å². The zero-order valence-corrected chi connectivity index (χ0v) is 14.8. The number of fused-ring (bicyclic) bond motifs is 1. The lowest BCUT2D eigenvalue weighted by Gasteiger charge is -2.26. The molecule has 0 saturated carbocycles. The summed E-state index contributed by atoms with van der Waals surface area (Å²) in [5.41, 5.74) is 9.25. The van der Waals surface area contributed by atoms with Crippen molar-refractivity contribution >= 4 is 22.3 Å². The van der Waals surface area contributed by atoms with Crippen molar-refractivity contribution in [1.29, 1.82) is 0 Å². The molecule has 0 aliphatic carbocycles. The van der Waals surface area contributed by atoms with E-state index >= 15 is 0 Å². The molecule has 1 unspecified atom stereocenters. The number of benzene rings is 2. The van der Waals surface area contributed by atoms with Gasteiger partial charge in [0.1, 0.15) is 11.6 Å². The SMILES string of the molecule is Cc1cccc(F)c1-c1cc(NC2CCCCN2)c2cc(N)ncc2c1. The predicted octanol–water partition coefficient (Wildman–Crippen LogP) is 4.44. The van der Waals surface area contributed by atoms with Gasteiger partial charge in [0.2, 0.25) is 0 Å². The van der Waals surface area contributed by atoms with Gasteiger partial charge in [-0.3, -0.25) is 5.32 Å². The molecule has 1 aliphatic rings. The number of halogens is 1. The van der Waals surface area contributed by atoms with Crippen LogP contribution < -0.4 is 16.4 Å². The first-order valence-corrected chi connectivity index (χ1v) is 9.06. The van der Waals surface area contributed by atoms with E-state index in [-0.39, 0.29) is 12.0 Å². The molecule has 0 radical (unpaired) electrons. The molecule has 4 N–H and O–H groups in total. The monoisotopic (exact) mass is 350 g/mol. The number of hydrogen-bond donors (Lipinski definition) is 3. The quantitative estimate of drug-likeness (QED) is 0.653. The van der Waals surface area contributed by atoms with Gasteiger partial charge >= 0.3 is 0 Å². The molecule has 5 heteroatoms. The fourth-order valence-corrected chi connectivity index (χ4v) is 3.70. The second-order valence-corrected chi connectivity index (χ2v) is 6.93. The number of rotatable bonds is 3. The molecule has 4 rings (SSSR count). The van der Waals surface area contributed by atoms with E-state index < -0.39 is 0 Å². The lowest BCUT2D eigenvalue weighted by atomic mass is 9.96. The van der Waals surface area contributed by atoms with Crippen LogP contribution in [0.3, 0.4) is 0 Å². The van der Waals surface area contributed by atoms with E-state index in [4.69, 9.17) is 5.73 Å². The highest BCUT2D eigenvalue weighted by Gasteiger charge is 2.16. The first-order chi connectivity index (χ1) is 12.6. The van der Waals surface area contributed by atoms with Crippen LogP contribution in [-0.4, -0.2) is 17.7 Å². The van der Waals surface area contributed by atoms with Crippen LogP contribution in [0, 0.1) is 12.7 Å². The van der Waals surface area contributed by atoms with Gasteiger partial charge < -0.3 is 11.1 Å². The zero-order chi connectivity index (χ0) is 18.1. The Hall–Kier alpha value is -2.66. The number of piperidine rings is 1. The Balaban J connectivity index is 1.86. The van der Waals surface area contributed by atoms with Crippen molar-refractivity contribution < 1.29 is 4.39 Å². The molecule has 1 atom stereocenters. The Morgan fingerprint density at radius 2 is 2.12 bits per heavy atom. The first-order valence-electron chi connectivity index (χ1n) is 9.06. The summed E-state index contributed by atoms with van der Waals surface area (Å²) < 4.78 is 14.5. The summed E-state index contributed by atoms with van der Waals surface area (Å²) in [6, 6.07) is 11.0. The second-order valence-electron chi connectivity index (χ2n) is 6.93. The van der Waals surface area contributed by atoms with Gasteiger partial charge in [-0.25, -0.2) is 9.37 Å². The van der Waals surface area contributed by atoms with Crippen molar-refractivity contribution in [2.45, 2.75) is 32.4 Å². The molecule has 3 aromatic rings. The third-order valence-electron chi connectivity index (χ3n) is 5.01. The van der Waals surface area contributed by atoms with Crippen molar-refractivity contribution in [2.24, 2.45) is 0 Å². The number of nitrogens with zero attached hydrogens (tertiary/aromatic N) is 1. The Bertz CT molecular complexity index is 928. The van der Waals surface area contributed by atoms with E-state index in [0.29, 0.717) is 11.4 Å². The molecule has 4 nitrogen and oxygen atoms in total. The van der Waals surface area contributed by atoms with Gasteiger partial charge in [-0.1, -0.05) is 12.1 Å². The number of nitrogens with two attached hydrogens (primary N) is 1. The molecule has 2 heterocycles. The van der Waals surface area contributed by atoms with E-state index in [0.717, 1.165) is 40.6 Å². The third kappa shape index (κ3) is 3.22. The van der Waals surface area contributed by atoms with Crippen LogP contribution >= 0.6 is 0 Å². The Morgan fingerprint density at radius 3 is 2.88 bits per heavy atom. The van der Waals surface area contributed by atoms with Crippen LogP contribution in [0.25, 0.3) is 21.9 Å². The van der Waals surface area contributed by atoms with Crippen LogP contribution in [-0.2, 0) is 0 Å². The lowest BCUT2D eigenvalue weighted by molar-refractivity contribution is 0.433. The summed E-state index contributed by atoms with van der Waals surface area (Å²) >= 11 is 0. The number of nitrogens with one attached hydrogen (secondary N) is 2. The maximum absolute atomic E-state index is 14.5. The largest absolute Gasteiger partial charge is 0.384 e. The van der Waals surface area contributed by atoms with Crippen LogP contribution in [0.2, 0.25) is 0 Å². The summed E-state index contributed by atoms with van der Waals surface area (Å²) in [5, 5.41) is 9.02. The fourth-order valence-electron chi connectivity index (χ4n) is 3.70. The van der Waals surface area contributed by atoms with E-state index in [1.807, 2.05) is 31.2 Å². The predicted molar refractivity (Wildman–Crippen MR) is 106 cm³/mol. The van der Waals surface area contributed by atoms with Gasteiger partial charge in [-0.15, -0.1) is 0 Å². The average molecular weight is 350 g/mol. The van der Waals surface area contributed by atoms with E-state index in [1.165, 1.54) is 18.9 Å². The number of hydrogen-bond acceptors (Lipinski definition) is 4. The zero-order valence-electron chi connectivity index (χ0n) is 14.8. The minimum absolute atomic E-state index is 0.207. The van der Waals surface area contributed by atoms with Gasteiger partial charge in [-0.2, -0.15) is 0 Å². The van der Waals surface area contributed by atoms with Crippen LogP contribution in [0.15, 0.2) is 42.6 Å². The molecule has 1 aliphatic heterocycles. The standard InChI is InChI=1S/C21H23FN4/c1-13-5-4-6-17(22)21(13)14-9-15-12-25-19(23)11-16(15)18(10-14)26-20-7-2-3-8-24-20/h4-6,9-12,20,24,26H,2-3,7-8H2,1H3,(H2,23,25). The molecule has 1 aromatic heterocycles. The van der Waals surface area contributed by atoms with E-state index in [9.17, 15) is 4.39 Å². The van der Waals surface area contributed by atoms with Gasteiger partial charge in [-0.05, 0) is 68.1 Å². The highest BCUT2D eigenvalue weighted by atomic mass is 19.1. The topological polar surface area (TPSA) is 63.0 Å². The second kappa shape index (κ2) is 6.92. The number of nitrogen functional groups attached to an aromatic ring is 1. The number of aromatic nitrogens is 1. The van der Waals surface area contributed by atoms with Gasteiger partial charge in [0, 0.05) is 28.2 Å². The molecule has 26 heavy (non-hydrogen) atoms. The first kappa shape index (κ1) is 16.8. The van der Waals surface area contributed by atoms with Crippen LogP contribution in [0.4, 0.5) is 15.9 Å². The van der Waals surface area contributed by atoms with Crippen LogP contribution in [0.5, 0.6) is 0 Å². The van der Waals surface area contributed by atoms with Crippen molar-refractivity contribution in [1.82, 2.24) is 10.3 Å². The molecule has 0 spiro atoms. The number of pyridine rings is 1. The summed E-state index contributed by atoms with van der Waals surface area (Å²) in [7, 11) is 0. The molecule has 1 saturated heterocycles. The Morgan fingerprint density at radius 1 is 1.23 bits per heavy atom. The fraction of sp³-hybridized carbons (Fsp3) is 0.286. The maximum atomic E-state index is 14.5. The van der Waals surface area contributed by atoms with Crippen molar-refractivity contribution in [3.05, 3.63) is 54.0 Å². The highest BCUT2D eigenvalue weighted by molar-refractivity contribution is 5.98. The van der Waals surface area contributed by atoms with Crippen molar-refractivity contribution in [3.8, 4) is 11.1 Å². The summed E-state index contributed by atoms with van der Waals surface area (Å²) in [5.74, 6) is 0.265. The number of aryl methyl sites for hydroxylation is 1. The molecule has 1 fully saturated rings. The van der Waals surface area contributed by atoms with Gasteiger partial charge in [0.25, 0.3) is 0 Å². The smallest absolute Gasteiger partial charge is 0.131 e. The molecule has 134 valence electrons.